The largest absolute Gasteiger partial charge is 0.465 e. The van der Waals surface area contributed by atoms with Crippen molar-refractivity contribution in [3.8, 4) is 0 Å². The number of carboxylic acid groups (broad SMARTS) is 1. The summed E-state index contributed by atoms with van der Waals surface area (Å²) in [5.74, 6) is 0. The summed E-state index contributed by atoms with van der Waals surface area (Å²) in [7, 11) is 0. The molecule has 0 heterocycles. The van der Waals surface area contributed by atoms with Crippen LogP contribution in [0.1, 0.15) is 11.1 Å². The van der Waals surface area contributed by atoms with E-state index in [2.05, 4.69) is 17.4 Å². The number of fused-ring (bicyclic) bond motifs is 1. The van der Waals surface area contributed by atoms with Crippen molar-refractivity contribution in [3.63, 3.8) is 0 Å². The number of hydrogen-bond acceptors (Lipinski definition) is 1. The first-order valence-electron chi connectivity index (χ1n) is 4.32. The summed E-state index contributed by atoms with van der Waals surface area (Å²) in [6.07, 6.45) is 0.711. The second kappa shape index (κ2) is 3.09. The molecular formula is C10H11NO2. The number of nitrogens with one attached hydrogen (secondary N) is 1. The molecule has 0 bridgehead atoms. The molecule has 0 saturated heterocycles. The van der Waals surface area contributed by atoms with E-state index < -0.39 is 6.09 Å². The summed E-state index contributed by atoms with van der Waals surface area (Å²) in [5, 5.41) is 11.0. The zero-order chi connectivity index (χ0) is 9.26. The number of rotatable bonds is 1. The third-order valence-corrected chi connectivity index (χ3v) is 2.38. The van der Waals surface area contributed by atoms with Crippen molar-refractivity contribution in [2.24, 2.45) is 0 Å². The second-order valence-electron chi connectivity index (χ2n) is 3.32. The first-order chi connectivity index (χ1) is 6.25. The minimum atomic E-state index is -0.933. The molecule has 2 N–H and O–H groups in total. The Morgan fingerprint density at radius 1 is 1.31 bits per heavy atom. The minimum absolute atomic E-state index is 0.0647. The van der Waals surface area contributed by atoms with Gasteiger partial charge in [-0.15, -0.1) is 0 Å². The van der Waals surface area contributed by atoms with Gasteiger partial charge in [-0.2, -0.15) is 0 Å². The standard InChI is InChI=1S/C10H11NO2/c12-10(13)11-9-5-7-3-1-2-4-8(7)6-9/h1-4,9,11H,5-6H2,(H,12,13). The SMILES string of the molecule is O=C(O)NC1Cc2ccccc2C1. The Kier molecular flexibility index (Phi) is 1.93. The molecule has 1 aliphatic carbocycles. The molecule has 0 spiro atoms. The lowest BCUT2D eigenvalue weighted by Crippen LogP contribution is -2.33. The van der Waals surface area contributed by atoms with Crippen molar-refractivity contribution in [2.75, 3.05) is 0 Å². The van der Waals surface area contributed by atoms with Crippen LogP contribution in [0, 0.1) is 0 Å². The maximum atomic E-state index is 10.4. The van der Waals surface area contributed by atoms with E-state index in [0.717, 1.165) is 12.8 Å². The Morgan fingerprint density at radius 3 is 2.31 bits per heavy atom. The fraction of sp³-hybridized carbons (Fsp3) is 0.300. The first-order valence-corrected chi connectivity index (χ1v) is 4.32. The highest BCUT2D eigenvalue weighted by atomic mass is 16.4. The van der Waals surface area contributed by atoms with E-state index in [1.165, 1.54) is 11.1 Å². The van der Waals surface area contributed by atoms with Gasteiger partial charge >= 0.3 is 6.09 Å². The summed E-state index contributed by atoms with van der Waals surface area (Å²) < 4.78 is 0. The Hall–Kier alpha value is -1.51. The molecule has 0 atom stereocenters. The van der Waals surface area contributed by atoms with Gasteiger partial charge in [-0.25, -0.2) is 4.79 Å². The van der Waals surface area contributed by atoms with Crippen molar-refractivity contribution in [1.82, 2.24) is 5.32 Å². The minimum Gasteiger partial charge on any atom is -0.465 e. The van der Waals surface area contributed by atoms with Crippen LogP contribution in [0.3, 0.4) is 0 Å². The zero-order valence-electron chi connectivity index (χ0n) is 7.16. The number of carbonyl (C=O) groups is 1. The van der Waals surface area contributed by atoms with Gasteiger partial charge in [-0.05, 0) is 24.0 Å². The Balaban J connectivity index is 2.09. The van der Waals surface area contributed by atoms with E-state index in [1.54, 1.807) is 0 Å². The van der Waals surface area contributed by atoms with Crippen molar-refractivity contribution < 1.29 is 9.90 Å². The molecular weight excluding hydrogens is 166 g/mol. The van der Waals surface area contributed by atoms with Crippen LogP contribution in [0.2, 0.25) is 0 Å². The summed E-state index contributed by atoms with van der Waals surface area (Å²) in [6.45, 7) is 0. The van der Waals surface area contributed by atoms with Gasteiger partial charge in [0.15, 0.2) is 0 Å². The van der Waals surface area contributed by atoms with Gasteiger partial charge in [-0.3, -0.25) is 0 Å². The molecule has 1 aliphatic rings. The van der Waals surface area contributed by atoms with Gasteiger partial charge in [0, 0.05) is 6.04 Å². The predicted octanol–water partition coefficient (Wildman–Crippen LogP) is 1.42. The molecule has 13 heavy (non-hydrogen) atoms. The average Bonchev–Trinajstić information content (AvgIpc) is 2.44. The van der Waals surface area contributed by atoms with Crippen LogP contribution >= 0.6 is 0 Å². The number of hydrogen-bond donors (Lipinski definition) is 2. The van der Waals surface area contributed by atoms with Gasteiger partial charge in [0.05, 0.1) is 0 Å². The van der Waals surface area contributed by atoms with Gasteiger partial charge in [0.1, 0.15) is 0 Å². The second-order valence-corrected chi connectivity index (χ2v) is 3.32. The molecule has 1 aromatic rings. The quantitative estimate of drug-likeness (QED) is 0.681. The number of amides is 1. The zero-order valence-corrected chi connectivity index (χ0v) is 7.16. The highest BCUT2D eigenvalue weighted by Crippen LogP contribution is 2.21. The number of benzene rings is 1. The molecule has 1 aromatic carbocycles. The van der Waals surface area contributed by atoms with Crippen LogP contribution in [-0.4, -0.2) is 17.2 Å². The van der Waals surface area contributed by atoms with E-state index >= 15 is 0 Å². The Bertz CT molecular complexity index is 310. The lowest BCUT2D eigenvalue weighted by atomic mass is 10.1. The van der Waals surface area contributed by atoms with Gasteiger partial charge < -0.3 is 10.4 Å². The summed E-state index contributed by atoms with van der Waals surface area (Å²) in [5.41, 5.74) is 2.53. The van der Waals surface area contributed by atoms with Crippen molar-refractivity contribution in [1.29, 1.82) is 0 Å². The lowest BCUT2D eigenvalue weighted by molar-refractivity contribution is 0.190. The summed E-state index contributed by atoms with van der Waals surface area (Å²) >= 11 is 0. The molecule has 0 aromatic heterocycles. The van der Waals surface area contributed by atoms with Crippen LogP contribution in [0.5, 0.6) is 0 Å². The van der Waals surface area contributed by atoms with E-state index in [-0.39, 0.29) is 6.04 Å². The van der Waals surface area contributed by atoms with Crippen molar-refractivity contribution >= 4 is 6.09 Å². The first kappa shape index (κ1) is 8.10. The Labute approximate surface area is 76.4 Å². The third-order valence-electron chi connectivity index (χ3n) is 2.38. The molecule has 0 fully saturated rings. The van der Waals surface area contributed by atoms with Crippen LogP contribution in [0.25, 0.3) is 0 Å². The normalized spacial score (nSPS) is 15.4. The van der Waals surface area contributed by atoms with E-state index in [0.29, 0.717) is 0 Å². The topological polar surface area (TPSA) is 49.3 Å². The van der Waals surface area contributed by atoms with Crippen LogP contribution in [0.15, 0.2) is 24.3 Å². The van der Waals surface area contributed by atoms with E-state index in [1.807, 2.05) is 12.1 Å². The van der Waals surface area contributed by atoms with Crippen molar-refractivity contribution in [2.45, 2.75) is 18.9 Å². The lowest BCUT2D eigenvalue weighted by Gasteiger charge is -2.07. The maximum Gasteiger partial charge on any atom is 0.404 e. The molecule has 1 amide bonds. The maximum absolute atomic E-state index is 10.4. The molecule has 3 heteroatoms. The Morgan fingerprint density at radius 2 is 1.85 bits per heavy atom. The average molecular weight is 177 g/mol. The summed E-state index contributed by atoms with van der Waals surface area (Å²) in [6, 6.07) is 8.15. The van der Waals surface area contributed by atoms with Gasteiger partial charge in [-0.1, -0.05) is 24.3 Å². The monoisotopic (exact) mass is 177 g/mol. The molecule has 0 unspecified atom stereocenters. The van der Waals surface area contributed by atoms with E-state index in [4.69, 9.17) is 5.11 Å². The van der Waals surface area contributed by atoms with Crippen LogP contribution < -0.4 is 5.32 Å². The summed E-state index contributed by atoms with van der Waals surface area (Å²) in [4.78, 5) is 10.4. The molecule has 0 saturated carbocycles. The van der Waals surface area contributed by atoms with Gasteiger partial charge in [0.2, 0.25) is 0 Å². The van der Waals surface area contributed by atoms with E-state index in [9.17, 15) is 4.79 Å². The molecule has 0 radical (unpaired) electrons. The van der Waals surface area contributed by atoms with Gasteiger partial charge in [0.25, 0.3) is 0 Å². The van der Waals surface area contributed by atoms with Crippen LogP contribution in [-0.2, 0) is 12.8 Å². The highest BCUT2D eigenvalue weighted by molar-refractivity contribution is 5.65. The fourth-order valence-corrected chi connectivity index (χ4v) is 1.84. The van der Waals surface area contributed by atoms with Crippen molar-refractivity contribution in [3.05, 3.63) is 35.4 Å². The fourth-order valence-electron chi connectivity index (χ4n) is 1.84. The molecule has 2 rings (SSSR count). The predicted molar refractivity (Wildman–Crippen MR) is 48.8 cm³/mol. The molecule has 3 nitrogen and oxygen atoms in total. The smallest absolute Gasteiger partial charge is 0.404 e. The molecule has 0 aliphatic heterocycles. The highest BCUT2D eigenvalue weighted by Gasteiger charge is 2.21. The van der Waals surface area contributed by atoms with Crippen LogP contribution in [0.4, 0.5) is 4.79 Å². The third kappa shape index (κ3) is 1.64. The molecule has 68 valence electrons.